The van der Waals surface area contributed by atoms with E-state index < -0.39 is 17.9 Å². The van der Waals surface area contributed by atoms with Gasteiger partial charge in [-0.1, -0.05) is 15.9 Å². The Kier molecular flexibility index (Phi) is 6.73. The summed E-state index contributed by atoms with van der Waals surface area (Å²) in [6, 6.07) is 9.45. The van der Waals surface area contributed by atoms with Gasteiger partial charge in [-0.15, -0.1) is 0 Å². The Balaban J connectivity index is 1.34. The maximum atomic E-state index is 13.3. The van der Waals surface area contributed by atoms with Crippen LogP contribution in [0.25, 0.3) is 0 Å². The molecule has 2 amide bonds. The summed E-state index contributed by atoms with van der Waals surface area (Å²) < 4.78 is 27.1. The van der Waals surface area contributed by atoms with Crippen molar-refractivity contribution in [3.05, 3.63) is 76.3 Å². The fraction of sp³-hybridized carbons (Fsp3) is 0.217. The van der Waals surface area contributed by atoms with Crippen LogP contribution in [0, 0.1) is 0 Å². The number of halogens is 3. The summed E-state index contributed by atoms with van der Waals surface area (Å²) in [5.74, 6) is -0.727. The third-order valence-electron chi connectivity index (χ3n) is 5.34. The molecule has 0 aliphatic heterocycles. The second-order valence-electron chi connectivity index (χ2n) is 7.92. The lowest BCUT2D eigenvalue weighted by molar-refractivity contribution is -0.124. The molecule has 5 N–H and O–H groups in total. The molecule has 8 nitrogen and oxygen atoms in total. The zero-order chi connectivity index (χ0) is 24.3. The van der Waals surface area contributed by atoms with Crippen molar-refractivity contribution in [3.8, 4) is 0 Å². The molecule has 0 atom stereocenters. The number of pyridine rings is 2. The van der Waals surface area contributed by atoms with Gasteiger partial charge in [0.1, 0.15) is 5.54 Å². The Bertz CT molecular complexity index is 1220. The molecule has 0 unspecified atom stereocenters. The minimum atomic E-state index is -2.63. The number of hydrogen-bond donors (Lipinski definition) is 4. The van der Waals surface area contributed by atoms with Gasteiger partial charge in [-0.25, -0.2) is 8.78 Å². The molecule has 2 heterocycles. The van der Waals surface area contributed by atoms with Crippen molar-refractivity contribution >= 4 is 44.8 Å². The van der Waals surface area contributed by atoms with E-state index in [1.54, 1.807) is 24.3 Å². The number of anilines is 3. The number of rotatable bonds is 8. The first-order valence-electron chi connectivity index (χ1n) is 10.4. The van der Waals surface area contributed by atoms with Crippen LogP contribution in [-0.2, 0) is 11.3 Å². The summed E-state index contributed by atoms with van der Waals surface area (Å²) in [5.41, 5.74) is 6.59. The monoisotopic (exact) mass is 530 g/mol. The number of carbonyl (C=O) groups excluding carboxylic acids is 2. The Hall–Kier alpha value is -3.60. The van der Waals surface area contributed by atoms with Crippen LogP contribution in [0.1, 0.15) is 40.9 Å². The summed E-state index contributed by atoms with van der Waals surface area (Å²) in [7, 11) is 0. The van der Waals surface area contributed by atoms with Crippen LogP contribution in [0.2, 0.25) is 0 Å². The zero-order valence-electron chi connectivity index (χ0n) is 17.8. The van der Waals surface area contributed by atoms with E-state index in [9.17, 15) is 18.4 Å². The van der Waals surface area contributed by atoms with Gasteiger partial charge in [0, 0.05) is 28.1 Å². The summed E-state index contributed by atoms with van der Waals surface area (Å²) in [6.07, 6.45) is 2.74. The van der Waals surface area contributed by atoms with E-state index in [2.05, 4.69) is 41.8 Å². The summed E-state index contributed by atoms with van der Waals surface area (Å²) >= 11 is 3.20. The van der Waals surface area contributed by atoms with Crippen molar-refractivity contribution in [2.24, 2.45) is 0 Å². The number of alkyl halides is 2. The first-order chi connectivity index (χ1) is 16.3. The van der Waals surface area contributed by atoms with E-state index in [4.69, 9.17) is 5.73 Å². The molecule has 34 heavy (non-hydrogen) atoms. The lowest BCUT2D eigenvalue weighted by Crippen LogP contribution is -2.48. The topological polar surface area (TPSA) is 122 Å². The highest BCUT2D eigenvalue weighted by Gasteiger charge is 2.51. The predicted molar refractivity (Wildman–Crippen MR) is 127 cm³/mol. The molecule has 1 saturated carbocycles. The van der Waals surface area contributed by atoms with Gasteiger partial charge >= 0.3 is 0 Å². The van der Waals surface area contributed by atoms with Crippen molar-refractivity contribution < 1.29 is 18.4 Å². The van der Waals surface area contributed by atoms with Crippen LogP contribution in [0.15, 0.2) is 59.5 Å². The van der Waals surface area contributed by atoms with Crippen LogP contribution >= 0.6 is 15.9 Å². The van der Waals surface area contributed by atoms with Gasteiger partial charge in [0.2, 0.25) is 5.91 Å². The standard InChI is InChI=1S/C23H21BrF2N6O2/c24-14-1-4-19(18(8-14)20(25)26)31-17-3-2-16(29-12-17)11-30-22(34)23(5-6-23)32-21(33)13-7-15(27)10-28-9-13/h1-4,7-10,12,20,31H,5-6,11,27H2,(H,30,34)(H,32,33). The predicted octanol–water partition coefficient (Wildman–Crippen LogP) is 4.08. The number of nitrogens with one attached hydrogen (secondary N) is 3. The maximum absolute atomic E-state index is 13.3. The molecule has 0 radical (unpaired) electrons. The number of aromatic nitrogens is 2. The van der Waals surface area contributed by atoms with E-state index in [-0.39, 0.29) is 29.3 Å². The van der Waals surface area contributed by atoms with Gasteiger partial charge in [0.15, 0.2) is 0 Å². The molecule has 3 aromatic rings. The van der Waals surface area contributed by atoms with Crippen LogP contribution < -0.4 is 21.7 Å². The Morgan fingerprint density at radius 3 is 2.56 bits per heavy atom. The molecular formula is C23H21BrF2N6O2. The highest BCUT2D eigenvalue weighted by molar-refractivity contribution is 9.10. The van der Waals surface area contributed by atoms with Crippen LogP contribution in [0.4, 0.5) is 25.8 Å². The fourth-order valence-corrected chi connectivity index (χ4v) is 3.71. The molecule has 1 aliphatic carbocycles. The molecule has 1 aliphatic rings. The molecular weight excluding hydrogens is 510 g/mol. The maximum Gasteiger partial charge on any atom is 0.265 e. The summed E-state index contributed by atoms with van der Waals surface area (Å²) in [6.45, 7) is 0.150. The van der Waals surface area contributed by atoms with E-state index >= 15 is 0 Å². The van der Waals surface area contributed by atoms with Crippen molar-refractivity contribution in [1.82, 2.24) is 20.6 Å². The van der Waals surface area contributed by atoms with Gasteiger partial charge in [-0.2, -0.15) is 0 Å². The molecule has 2 aromatic heterocycles. The molecule has 1 fully saturated rings. The highest BCUT2D eigenvalue weighted by atomic mass is 79.9. The quantitative estimate of drug-likeness (QED) is 0.348. The number of nitrogen functional groups attached to an aromatic ring is 1. The lowest BCUT2D eigenvalue weighted by atomic mass is 10.1. The molecule has 176 valence electrons. The SMILES string of the molecule is Nc1cncc(C(=O)NC2(C(=O)NCc3ccc(Nc4ccc(Br)cc4C(F)F)cn3)CC2)c1. The van der Waals surface area contributed by atoms with Gasteiger partial charge in [0.25, 0.3) is 12.3 Å². The molecule has 11 heteroatoms. The van der Waals surface area contributed by atoms with Crippen LogP contribution in [0.3, 0.4) is 0 Å². The van der Waals surface area contributed by atoms with Crippen molar-refractivity contribution in [3.63, 3.8) is 0 Å². The van der Waals surface area contributed by atoms with Gasteiger partial charge in [-0.3, -0.25) is 19.6 Å². The number of nitrogens with zero attached hydrogens (tertiary/aromatic N) is 2. The molecule has 4 rings (SSSR count). The molecule has 0 saturated heterocycles. The second kappa shape index (κ2) is 9.72. The molecule has 1 aromatic carbocycles. The zero-order valence-corrected chi connectivity index (χ0v) is 19.4. The second-order valence-corrected chi connectivity index (χ2v) is 8.84. The number of amides is 2. The Morgan fingerprint density at radius 2 is 1.91 bits per heavy atom. The molecule has 0 spiro atoms. The van der Waals surface area contributed by atoms with E-state index in [0.717, 1.165) is 0 Å². The van der Waals surface area contributed by atoms with E-state index in [1.807, 2.05) is 0 Å². The number of hydrogen-bond acceptors (Lipinski definition) is 6. The largest absolute Gasteiger partial charge is 0.397 e. The van der Waals surface area contributed by atoms with Crippen molar-refractivity contribution in [2.45, 2.75) is 31.4 Å². The minimum Gasteiger partial charge on any atom is -0.397 e. The average Bonchev–Trinajstić information content (AvgIpc) is 3.60. The Morgan fingerprint density at radius 1 is 1.12 bits per heavy atom. The molecule has 0 bridgehead atoms. The van der Waals surface area contributed by atoms with Gasteiger partial charge < -0.3 is 21.7 Å². The number of benzene rings is 1. The number of nitrogens with two attached hydrogens (primary N) is 1. The summed E-state index contributed by atoms with van der Waals surface area (Å²) in [5, 5.41) is 8.48. The van der Waals surface area contributed by atoms with E-state index in [1.165, 1.54) is 30.7 Å². The lowest BCUT2D eigenvalue weighted by Gasteiger charge is -2.17. The van der Waals surface area contributed by atoms with Crippen molar-refractivity contribution in [2.75, 3.05) is 11.1 Å². The minimum absolute atomic E-state index is 0.128. The summed E-state index contributed by atoms with van der Waals surface area (Å²) in [4.78, 5) is 33.3. The normalized spacial score (nSPS) is 13.9. The fourth-order valence-electron chi connectivity index (χ4n) is 3.33. The van der Waals surface area contributed by atoms with Crippen molar-refractivity contribution in [1.29, 1.82) is 0 Å². The number of carbonyl (C=O) groups is 2. The average molecular weight is 531 g/mol. The van der Waals surface area contributed by atoms with Crippen LogP contribution in [-0.4, -0.2) is 27.3 Å². The van der Waals surface area contributed by atoms with Crippen LogP contribution in [0.5, 0.6) is 0 Å². The van der Waals surface area contributed by atoms with E-state index in [0.29, 0.717) is 34.4 Å². The Labute approximate surface area is 202 Å². The third-order valence-corrected chi connectivity index (χ3v) is 5.83. The first kappa shape index (κ1) is 23.6. The first-order valence-corrected chi connectivity index (χ1v) is 11.2. The highest BCUT2D eigenvalue weighted by Crippen LogP contribution is 2.36. The smallest absolute Gasteiger partial charge is 0.265 e. The third kappa shape index (κ3) is 5.48. The van der Waals surface area contributed by atoms with Gasteiger partial charge in [0.05, 0.1) is 35.4 Å². The van der Waals surface area contributed by atoms with Gasteiger partial charge in [-0.05, 0) is 49.2 Å².